The van der Waals surface area contributed by atoms with Gasteiger partial charge in [-0.25, -0.2) is 22.2 Å². The highest BCUT2D eigenvalue weighted by Crippen LogP contribution is 2.30. The van der Waals surface area contributed by atoms with E-state index in [4.69, 9.17) is 21.7 Å². The molecule has 0 aromatic carbocycles. The smallest absolute Gasteiger partial charge is 0.280 e. The van der Waals surface area contributed by atoms with Gasteiger partial charge in [-0.2, -0.15) is 5.26 Å². The van der Waals surface area contributed by atoms with Crippen LogP contribution in [0.3, 0.4) is 0 Å². The molecule has 0 aliphatic rings. The van der Waals surface area contributed by atoms with Crippen LogP contribution in [0.1, 0.15) is 17.6 Å². The lowest BCUT2D eigenvalue weighted by atomic mass is 10.1. The molecule has 1 rings (SSSR count). The molecule has 2 N–H and O–H groups in total. The van der Waals surface area contributed by atoms with Gasteiger partial charge in [0, 0.05) is 16.9 Å². The number of nitrogens with two attached hydrogens (primary N) is 1. The predicted molar refractivity (Wildman–Crippen MR) is 51.4 cm³/mol. The largest absolute Gasteiger partial charge is 0.395 e. The van der Waals surface area contributed by atoms with Gasteiger partial charge in [0.25, 0.3) is 15.5 Å². The van der Waals surface area contributed by atoms with Crippen molar-refractivity contribution in [2.75, 3.05) is 5.73 Å². The number of alkyl halides is 2. The van der Waals surface area contributed by atoms with E-state index in [1.807, 2.05) is 0 Å². The quantitative estimate of drug-likeness (QED) is 0.817. The lowest BCUT2D eigenvalue weighted by Gasteiger charge is -2.07. The van der Waals surface area contributed by atoms with Crippen LogP contribution >= 0.6 is 10.7 Å². The van der Waals surface area contributed by atoms with Gasteiger partial charge in [0.2, 0.25) is 0 Å². The number of pyridine rings is 1. The van der Waals surface area contributed by atoms with Crippen molar-refractivity contribution in [1.29, 1.82) is 5.26 Å². The van der Waals surface area contributed by atoms with Crippen molar-refractivity contribution in [3.8, 4) is 6.07 Å². The van der Waals surface area contributed by atoms with Gasteiger partial charge in [-0.05, 0) is 0 Å². The SMILES string of the molecule is N#Cc1c(C(F)F)cnc(S(=O)(=O)Cl)c1N. The molecular weight excluding hydrogens is 264 g/mol. The molecule has 9 heteroatoms. The maximum atomic E-state index is 12.4. The normalized spacial score (nSPS) is 11.4. The molecule has 86 valence electrons. The first-order valence-electron chi connectivity index (χ1n) is 3.70. The van der Waals surface area contributed by atoms with Crippen LogP contribution in [0.15, 0.2) is 11.2 Å². The van der Waals surface area contributed by atoms with Crippen molar-refractivity contribution in [3.63, 3.8) is 0 Å². The lowest BCUT2D eigenvalue weighted by molar-refractivity contribution is 0.150. The van der Waals surface area contributed by atoms with Gasteiger partial charge in [0.1, 0.15) is 6.07 Å². The predicted octanol–water partition coefficient (Wildman–Crippen LogP) is 1.40. The summed E-state index contributed by atoms with van der Waals surface area (Å²) in [5.74, 6) is 0. The van der Waals surface area contributed by atoms with Gasteiger partial charge in [-0.3, -0.25) is 0 Å². The van der Waals surface area contributed by atoms with Crippen molar-refractivity contribution in [1.82, 2.24) is 4.98 Å². The second-order valence-corrected chi connectivity index (χ2v) is 5.14. The summed E-state index contributed by atoms with van der Waals surface area (Å²) >= 11 is 0. The second-order valence-electron chi connectivity index (χ2n) is 2.66. The minimum atomic E-state index is -4.27. The molecule has 0 aliphatic carbocycles. The van der Waals surface area contributed by atoms with E-state index in [0.29, 0.717) is 6.20 Å². The zero-order valence-electron chi connectivity index (χ0n) is 7.49. The Morgan fingerprint density at radius 1 is 1.56 bits per heavy atom. The molecule has 16 heavy (non-hydrogen) atoms. The van der Waals surface area contributed by atoms with Crippen molar-refractivity contribution < 1.29 is 17.2 Å². The van der Waals surface area contributed by atoms with Gasteiger partial charge in [-0.1, -0.05) is 0 Å². The summed E-state index contributed by atoms with van der Waals surface area (Å²) < 4.78 is 46.6. The van der Waals surface area contributed by atoms with Gasteiger partial charge >= 0.3 is 0 Å². The average molecular weight is 268 g/mol. The van der Waals surface area contributed by atoms with Crippen molar-refractivity contribution in [3.05, 3.63) is 17.3 Å². The first kappa shape index (κ1) is 12.6. The number of hydrogen-bond acceptors (Lipinski definition) is 5. The Morgan fingerprint density at radius 2 is 2.12 bits per heavy atom. The molecule has 0 spiro atoms. The Labute approximate surface area is 93.9 Å². The highest BCUT2D eigenvalue weighted by Gasteiger charge is 2.24. The highest BCUT2D eigenvalue weighted by molar-refractivity contribution is 8.13. The fourth-order valence-corrected chi connectivity index (χ4v) is 1.92. The first-order chi connectivity index (χ1) is 7.29. The summed E-state index contributed by atoms with van der Waals surface area (Å²) in [5.41, 5.74) is 3.20. The maximum absolute atomic E-state index is 12.4. The number of hydrogen-bond donors (Lipinski definition) is 1. The number of nitrogens with zero attached hydrogens (tertiary/aromatic N) is 2. The van der Waals surface area contributed by atoms with E-state index in [2.05, 4.69) is 4.98 Å². The monoisotopic (exact) mass is 267 g/mol. The molecule has 0 bridgehead atoms. The average Bonchev–Trinajstić information content (AvgIpc) is 2.14. The summed E-state index contributed by atoms with van der Waals surface area (Å²) in [5, 5.41) is 7.81. The lowest BCUT2D eigenvalue weighted by Crippen LogP contribution is -2.07. The molecule has 0 saturated carbocycles. The third-order valence-electron chi connectivity index (χ3n) is 1.69. The van der Waals surface area contributed by atoms with Crippen LogP contribution in [0.25, 0.3) is 0 Å². The number of halogens is 3. The molecular formula is C7H4ClF2N3O2S. The van der Waals surface area contributed by atoms with Crippen LogP contribution < -0.4 is 5.73 Å². The highest BCUT2D eigenvalue weighted by atomic mass is 35.7. The topological polar surface area (TPSA) is 96.8 Å². The van der Waals surface area contributed by atoms with Gasteiger partial charge in [0.05, 0.1) is 16.8 Å². The number of nitriles is 1. The summed E-state index contributed by atoms with van der Waals surface area (Å²) in [6, 6.07) is 1.39. The summed E-state index contributed by atoms with van der Waals surface area (Å²) in [4.78, 5) is 3.20. The molecule has 0 amide bonds. The molecule has 1 aromatic rings. The van der Waals surface area contributed by atoms with E-state index in [9.17, 15) is 17.2 Å². The molecule has 1 aromatic heterocycles. The molecule has 0 saturated heterocycles. The molecule has 0 fully saturated rings. The van der Waals surface area contributed by atoms with Crippen LogP contribution in [0.5, 0.6) is 0 Å². The number of nitrogen functional groups attached to an aromatic ring is 1. The minimum Gasteiger partial charge on any atom is -0.395 e. The summed E-state index contributed by atoms with van der Waals surface area (Å²) in [6.45, 7) is 0. The molecule has 0 radical (unpaired) electrons. The zero-order valence-corrected chi connectivity index (χ0v) is 9.06. The van der Waals surface area contributed by atoms with Gasteiger partial charge < -0.3 is 5.73 Å². The van der Waals surface area contributed by atoms with E-state index in [0.717, 1.165) is 0 Å². The van der Waals surface area contributed by atoms with E-state index < -0.39 is 37.3 Å². The zero-order chi connectivity index (χ0) is 12.5. The Hall–Kier alpha value is -1.46. The third-order valence-corrected chi connectivity index (χ3v) is 2.91. The molecule has 1 heterocycles. The van der Waals surface area contributed by atoms with Crippen molar-refractivity contribution in [2.24, 2.45) is 0 Å². The Kier molecular flexibility index (Phi) is 3.30. The fraction of sp³-hybridized carbons (Fsp3) is 0.143. The van der Waals surface area contributed by atoms with E-state index >= 15 is 0 Å². The van der Waals surface area contributed by atoms with Crippen LogP contribution in [0, 0.1) is 11.3 Å². The molecule has 0 unspecified atom stereocenters. The first-order valence-corrected chi connectivity index (χ1v) is 6.01. The van der Waals surface area contributed by atoms with E-state index in [1.165, 1.54) is 6.07 Å². The van der Waals surface area contributed by atoms with Gasteiger partial charge in [-0.15, -0.1) is 0 Å². The standard InChI is InChI=1S/C7H4ClF2N3O2S/c8-16(14,15)7-5(12)3(1-11)4(2-13-7)6(9)10/h2,6H,12H2. The number of anilines is 1. The van der Waals surface area contributed by atoms with Gasteiger partial charge in [0.15, 0.2) is 5.03 Å². The van der Waals surface area contributed by atoms with Crippen molar-refractivity contribution in [2.45, 2.75) is 11.5 Å². The fourth-order valence-electron chi connectivity index (χ4n) is 1.01. The number of aromatic nitrogens is 1. The summed E-state index contributed by atoms with van der Waals surface area (Å²) in [7, 11) is 0.689. The van der Waals surface area contributed by atoms with Crippen LogP contribution in [0.4, 0.5) is 14.5 Å². The molecule has 0 atom stereocenters. The van der Waals surface area contributed by atoms with Crippen LogP contribution in [-0.2, 0) is 9.05 Å². The van der Waals surface area contributed by atoms with Crippen LogP contribution in [-0.4, -0.2) is 13.4 Å². The van der Waals surface area contributed by atoms with E-state index in [-0.39, 0.29) is 0 Å². The Morgan fingerprint density at radius 3 is 2.50 bits per heavy atom. The minimum absolute atomic E-state index is 0.564. The maximum Gasteiger partial charge on any atom is 0.280 e. The molecule has 0 aliphatic heterocycles. The second kappa shape index (κ2) is 4.19. The number of rotatable bonds is 2. The Bertz CT molecular complexity index is 568. The van der Waals surface area contributed by atoms with Crippen LogP contribution in [0.2, 0.25) is 0 Å². The Balaban J connectivity index is 3.61. The summed E-state index contributed by atoms with van der Waals surface area (Å²) in [6.07, 6.45) is -2.41. The van der Waals surface area contributed by atoms with Crippen molar-refractivity contribution >= 4 is 25.4 Å². The molecule has 5 nitrogen and oxygen atoms in total. The van der Waals surface area contributed by atoms with E-state index in [1.54, 1.807) is 0 Å². The third kappa shape index (κ3) is 2.20.